The second-order valence-corrected chi connectivity index (χ2v) is 10.9. The summed E-state index contributed by atoms with van der Waals surface area (Å²) in [6, 6.07) is 10.2. The Bertz CT molecular complexity index is 1100. The van der Waals surface area contributed by atoms with Crippen molar-refractivity contribution in [2.75, 3.05) is 5.32 Å². The van der Waals surface area contributed by atoms with Gasteiger partial charge in [-0.3, -0.25) is 4.79 Å². The molecule has 2 fully saturated rings. The zero-order valence-corrected chi connectivity index (χ0v) is 21.0. The average Bonchev–Trinajstić information content (AvgIpc) is 3.07. The summed E-state index contributed by atoms with van der Waals surface area (Å²) in [5, 5.41) is 13.2. The van der Waals surface area contributed by atoms with Crippen LogP contribution in [0, 0.1) is 16.7 Å². The van der Waals surface area contributed by atoms with Gasteiger partial charge in [0, 0.05) is 40.7 Å². The van der Waals surface area contributed by atoms with Crippen molar-refractivity contribution in [2.45, 2.75) is 59.6 Å². The smallest absolute Gasteiger partial charge is 0.342 e. The summed E-state index contributed by atoms with van der Waals surface area (Å²) in [5.41, 5.74) is 1.65. The molecule has 0 radical (unpaired) electrons. The van der Waals surface area contributed by atoms with Crippen molar-refractivity contribution < 1.29 is 24.2 Å². The molecule has 3 atom stereocenters. The lowest BCUT2D eigenvalue weighted by Crippen LogP contribution is -2.38. The number of fused-ring (bicyclic) bond motifs is 2. The number of carbonyl (C=O) groups excluding carboxylic acids is 2. The molecule has 0 aliphatic heterocycles. The van der Waals surface area contributed by atoms with Gasteiger partial charge in [-0.1, -0.05) is 36.7 Å². The number of ether oxygens (including phenoxy) is 2. The Morgan fingerprint density at radius 2 is 1.94 bits per heavy atom. The van der Waals surface area contributed by atoms with Crippen LogP contribution in [0.3, 0.4) is 0 Å². The first-order valence-electron chi connectivity index (χ1n) is 11.3. The lowest BCUT2D eigenvalue weighted by Gasteiger charge is -2.38. The van der Waals surface area contributed by atoms with Crippen molar-refractivity contribution in [1.82, 2.24) is 0 Å². The monoisotopic (exact) mass is 515 g/mol. The number of benzene rings is 2. The third-order valence-corrected chi connectivity index (χ3v) is 8.44. The second kappa shape index (κ2) is 8.67. The Morgan fingerprint density at radius 3 is 2.58 bits per heavy atom. The normalized spacial score (nSPS) is 25.0. The van der Waals surface area contributed by atoms with Crippen LogP contribution >= 0.6 is 15.9 Å². The fraction of sp³-hybridized carbons (Fsp3) is 0.462. The van der Waals surface area contributed by atoms with Gasteiger partial charge in [0.15, 0.2) is 0 Å². The zero-order valence-electron chi connectivity index (χ0n) is 19.4. The molecule has 0 amide bonds. The number of phenols is 1. The minimum atomic E-state index is -0.515. The topological polar surface area (TPSA) is 84.9 Å². The molecule has 0 saturated heterocycles. The summed E-state index contributed by atoms with van der Waals surface area (Å²) in [7, 11) is 0. The van der Waals surface area contributed by atoms with E-state index in [2.05, 4.69) is 42.0 Å². The van der Waals surface area contributed by atoms with Crippen molar-refractivity contribution in [3.8, 4) is 11.5 Å². The van der Waals surface area contributed by atoms with Gasteiger partial charge in [-0.05, 0) is 60.9 Å². The van der Waals surface area contributed by atoms with Gasteiger partial charge in [-0.2, -0.15) is 0 Å². The molecule has 2 aliphatic rings. The molecule has 4 rings (SSSR count). The second-order valence-electron chi connectivity index (χ2n) is 9.94. The number of hydrogen-bond donors (Lipinski definition) is 2. The molecule has 2 aromatic carbocycles. The van der Waals surface area contributed by atoms with Gasteiger partial charge in [-0.15, -0.1) is 0 Å². The van der Waals surface area contributed by atoms with Gasteiger partial charge in [0.25, 0.3) is 0 Å². The number of hydrogen-bond acceptors (Lipinski definition) is 6. The van der Waals surface area contributed by atoms with Gasteiger partial charge in [0.1, 0.15) is 23.2 Å². The van der Waals surface area contributed by atoms with Crippen LogP contribution in [0.1, 0.15) is 62.9 Å². The number of rotatable bonds is 6. The van der Waals surface area contributed by atoms with Crippen LogP contribution in [0.5, 0.6) is 11.5 Å². The Morgan fingerprint density at radius 1 is 1.18 bits per heavy atom. The summed E-state index contributed by atoms with van der Waals surface area (Å²) >= 11 is 3.40. The number of nitrogens with one attached hydrogen (secondary N) is 1. The summed E-state index contributed by atoms with van der Waals surface area (Å²) in [4.78, 5) is 24.8. The highest BCUT2D eigenvalue weighted by molar-refractivity contribution is 9.10. The van der Waals surface area contributed by atoms with Crippen LogP contribution in [0.4, 0.5) is 5.69 Å². The minimum Gasteiger partial charge on any atom is -0.508 e. The summed E-state index contributed by atoms with van der Waals surface area (Å²) < 4.78 is 12.2. The SMILES string of the molecule is CC(=O)Oc1cc(NCc2cc(Br)ccc2O)ccc1C(=O)OC1CC2CCC1(C)C2(C)C. The van der Waals surface area contributed by atoms with Crippen LogP contribution in [0.15, 0.2) is 40.9 Å². The van der Waals surface area contributed by atoms with Gasteiger partial charge in [0.05, 0.1) is 0 Å². The molecule has 0 spiro atoms. The van der Waals surface area contributed by atoms with E-state index >= 15 is 0 Å². The lowest BCUT2D eigenvalue weighted by atomic mass is 9.70. The number of carbonyl (C=O) groups is 2. The van der Waals surface area contributed by atoms with Crippen molar-refractivity contribution in [3.63, 3.8) is 0 Å². The number of halogens is 1. The molecule has 0 aromatic heterocycles. The van der Waals surface area contributed by atoms with E-state index in [0.717, 1.165) is 17.3 Å². The molecular formula is C26H30BrNO5. The summed E-state index contributed by atoms with van der Waals surface area (Å²) in [6.07, 6.45) is 2.93. The van der Waals surface area contributed by atoms with E-state index in [1.54, 1.807) is 30.3 Å². The predicted octanol–water partition coefficient (Wildman–Crippen LogP) is 6.06. The van der Waals surface area contributed by atoms with E-state index in [1.165, 1.54) is 13.3 Å². The highest BCUT2D eigenvalue weighted by atomic mass is 79.9. The molecule has 3 unspecified atom stereocenters. The van der Waals surface area contributed by atoms with Gasteiger partial charge >= 0.3 is 11.9 Å². The largest absolute Gasteiger partial charge is 0.508 e. The van der Waals surface area contributed by atoms with Crippen LogP contribution in [-0.2, 0) is 16.1 Å². The zero-order chi connectivity index (χ0) is 24.0. The maximum absolute atomic E-state index is 13.1. The predicted molar refractivity (Wildman–Crippen MR) is 129 cm³/mol. The maximum Gasteiger partial charge on any atom is 0.342 e. The van der Waals surface area contributed by atoms with Crippen LogP contribution in [0.25, 0.3) is 0 Å². The fourth-order valence-corrected chi connectivity index (χ4v) is 5.84. The summed E-state index contributed by atoms with van der Waals surface area (Å²) in [5.74, 6) is -0.109. The van der Waals surface area contributed by atoms with Crippen molar-refractivity contribution in [2.24, 2.45) is 16.7 Å². The molecule has 2 saturated carbocycles. The minimum absolute atomic E-state index is 0.0532. The lowest BCUT2D eigenvalue weighted by molar-refractivity contribution is -0.131. The molecule has 176 valence electrons. The van der Waals surface area contributed by atoms with E-state index in [-0.39, 0.29) is 34.0 Å². The number of aromatic hydroxyl groups is 1. The third kappa shape index (κ3) is 4.35. The standard InChI is InChI=1S/C26H30BrNO5/c1-15(29)32-22-13-19(28-14-16-11-18(27)5-8-21(16)30)6-7-20(22)24(31)33-23-12-17-9-10-26(23,4)25(17,2)3/h5-8,11,13,17,23,28,30H,9-10,12,14H2,1-4H3. The van der Waals surface area contributed by atoms with Gasteiger partial charge in [0.2, 0.25) is 0 Å². The fourth-order valence-electron chi connectivity index (χ4n) is 5.43. The molecule has 2 aromatic rings. The van der Waals surface area contributed by atoms with Crippen molar-refractivity contribution in [3.05, 3.63) is 52.0 Å². The van der Waals surface area contributed by atoms with E-state index in [9.17, 15) is 14.7 Å². The van der Waals surface area contributed by atoms with E-state index < -0.39 is 11.9 Å². The first-order valence-corrected chi connectivity index (χ1v) is 12.1. The Balaban J connectivity index is 1.52. The molecular weight excluding hydrogens is 486 g/mol. The molecule has 2 N–H and O–H groups in total. The first-order chi connectivity index (χ1) is 15.5. The Labute approximate surface area is 202 Å². The van der Waals surface area contributed by atoms with Crippen molar-refractivity contribution >= 4 is 33.6 Å². The number of anilines is 1. The molecule has 2 aliphatic carbocycles. The van der Waals surface area contributed by atoms with Crippen LogP contribution in [0.2, 0.25) is 0 Å². The van der Waals surface area contributed by atoms with Crippen LogP contribution < -0.4 is 10.1 Å². The Hall–Kier alpha value is -2.54. The van der Waals surface area contributed by atoms with Crippen molar-refractivity contribution in [1.29, 1.82) is 0 Å². The molecule has 6 nitrogen and oxygen atoms in total. The molecule has 33 heavy (non-hydrogen) atoms. The number of esters is 2. The van der Waals surface area contributed by atoms with Gasteiger partial charge < -0.3 is 19.9 Å². The van der Waals surface area contributed by atoms with E-state index in [1.807, 2.05) is 6.07 Å². The quantitative estimate of drug-likeness (QED) is 0.359. The summed E-state index contributed by atoms with van der Waals surface area (Å²) in [6.45, 7) is 8.41. The highest BCUT2D eigenvalue weighted by Gasteiger charge is 2.62. The van der Waals surface area contributed by atoms with Crippen LogP contribution in [-0.4, -0.2) is 23.1 Å². The Kier molecular flexibility index (Phi) is 6.20. The average molecular weight is 516 g/mol. The van der Waals surface area contributed by atoms with E-state index in [0.29, 0.717) is 23.7 Å². The maximum atomic E-state index is 13.1. The van der Waals surface area contributed by atoms with Gasteiger partial charge in [-0.25, -0.2) is 4.79 Å². The highest BCUT2D eigenvalue weighted by Crippen LogP contribution is 2.66. The van der Waals surface area contributed by atoms with E-state index in [4.69, 9.17) is 9.47 Å². The molecule has 7 heteroatoms. The number of phenolic OH excluding ortho intramolecular Hbond substituents is 1. The first kappa shape index (κ1) is 23.6. The molecule has 2 bridgehead atoms. The third-order valence-electron chi connectivity index (χ3n) is 7.94. The molecule has 0 heterocycles.